The first-order valence-corrected chi connectivity index (χ1v) is 12.7. The van der Waals surface area contributed by atoms with E-state index in [1.165, 1.54) is 34.6 Å². The lowest BCUT2D eigenvalue weighted by Gasteiger charge is -2.10. The largest absolute Gasteiger partial charge is 0.352 e. The molecule has 4 aromatic rings. The molecule has 0 aliphatic carbocycles. The molecule has 2 aromatic heterocycles. The van der Waals surface area contributed by atoms with E-state index in [1.54, 1.807) is 41.9 Å². The van der Waals surface area contributed by atoms with Crippen molar-refractivity contribution in [3.8, 4) is 11.4 Å². The van der Waals surface area contributed by atoms with Gasteiger partial charge in [0.15, 0.2) is 5.69 Å². The van der Waals surface area contributed by atoms with Gasteiger partial charge in [0.1, 0.15) is 11.6 Å². The summed E-state index contributed by atoms with van der Waals surface area (Å²) in [6, 6.07) is 12.8. The average molecular weight is 528 g/mol. The van der Waals surface area contributed by atoms with E-state index in [0.29, 0.717) is 46.4 Å². The summed E-state index contributed by atoms with van der Waals surface area (Å²) in [5, 5.41) is 18.3. The van der Waals surface area contributed by atoms with Crippen LogP contribution in [0.1, 0.15) is 39.2 Å². The zero-order valence-corrected chi connectivity index (χ0v) is 21.3. The van der Waals surface area contributed by atoms with E-state index in [4.69, 9.17) is 11.6 Å². The summed E-state index contributed by atoms with van der Waals surface area (Å²) in [5.74, 6) is -0.344. The van der Waals surface area contributed by atoms with Gasteiger partial charge < -0.3 is 10.6 Å². The van der Waals surface area contributed by atoms with Gasteiger partial charge in [-0.05, 0) is 62.6 Å². The molecule has 12 heteroatoms. The standard InChI is InChI=1S/C24H23ClFN7O2S/c1-4-27-23(34)15-5-7-16(8-6-15)32-20(13-36-3)22(29-31-32)24(35)28-21-11-14(2)30-33(21)17-9-10-19(26)18(25)12-17/h5-12H,4,13H2,1-3H3,(H,27,34)(H,28,35). The van der Waals surface area contributed by atoms with Crippen molar-refractivity contribution < 1.29 is 14.0 Å². The topological polar surface area (TPSA) is 107 Å². The van der Waals surface area contributed by atoms with Gasteiger partial charge in [0.25, 0.3) is 11.8 Å². The third kappa shape index (κ3) is 5.26. The Morgan fingerprint density at radius 2 is 1.78 bits per heavy atom. The van der Waals surface area contributed by atoms with Crippen molar-refractivity contribution in [1.82, 2.24) is 30.1 Å². The Morgan fingerprint density at radius 3 is 2.44 bits per heavy atom. The zero-order valence-electron chi connectivity index (χ0n) is 19.7. The Labute approximate surface area is 216 Å². The molecule has 2 heterocycles. The molecule has 2 aromatic carbocycles. The molecular formula is C24H23ClFN7O2S. The van der Waals surface area contributed by atoms with Crippen molar-refractivity contribution in [3.63, 3.8) is 0 Å². The SMILES string of the molecule is CCNC(=O)c1ccc(-n2nnc(C(=O)Nc3cc(C)nn3-c3ccc(F)c(Cl)c3)c2CSC)cc1. The fourth-order valence-corrected chi connectivity index (χ4v) is 4.25. The first-order chi connectivity index (χ1) is 17.3. The molecule has 4 rings (SSSR count). The lowest BCUT2D eigenvalue weighted by atomic mass is 10.2. The van der Waals surface area contributed by atoms with Crippen LogP contribution in [-0.2, 0) is 5.75 Å². The van der Waals surface area contributed by atoms with E-state index in [-0.39, 0.29) is 16.6 Å². The number of carbonyl (C=O) groups is 2. The molecule has 186 valence electrons. The van der Waals surface area contributed by atoms with Crippen LogP contribution in [-0.4, -0.2) is 49.4 Å². The second-order valence-electron chi connectivity index (χ2n) is 7.77. The Balaban J connectivity index is 1.64. The van der Waals surface area contributed by atoms with Crippen LogP contribution >= 0.6 is 23.4 Å². The van der Waals surface area contributed by atoms with Gasteiger partial charge in [0.2, 0.25) is 0 Å². The number of thioether (sulfide) groups is 1. The van der Waals surface area contributed by atoms with Gasteiger partial charge in [-0.2, -0.15) is 16.9 Å². The first-order valence-electron chi connectivity index (χ1n) is 11.0. The number of aryl methyl sites for hydroxylation is 1. The highest BCUT2D eigenvalue weighted by atomic mass is 35.5. The number of nitrogens with zero attached hydrogens (tertiary/aromatic N) is 5. The second-order valence-corrected chi connectivity index (χ2v) is 9.04. The molecule has 0 spiro atoms. The van der Waals surface area contributed by atoms with Gasteiger partial charge in [0, 0.05) is 23.9 Å². The number of benzene rings is 2. The zero-order chi connectivity index (χ0) is 25.8. The quantitative estimate of drug-likeness (QED) is 0.351. The first kappa shape index (κ1) is 25.4. The highest BCUT2D eigenvalue weighted by Crippen LogP contribution is 2.24. The summed E-state index contributed by atoms with van der Waals surface area (Å²) < 4.78 is 16.7. The lowest BCUT2D eigenvalue weighted by Crippen LogP contribution is -2.22. The minimum atomic E-state index is -0.549. The molecule has 2 amide bonds. The molecular weight excluding hydrogens is 505 g/mol. The van der Waals surface area contributed by atoms with E-state index in [0.717, 1.165) is 0 Å². The molecule has 0 fully saturated rings. The summed E-state index contributed by atoms with van der Waals surface area (Å²) >= 11 is 7.45. The molecule has 0 saturated carbocycles. The summed E-state index contributed by atoms with van der Waals surface area (Å²) in [4.78, 5) is 25.3. The van der Waals surface area contributed by atoms with Gasteiger partial charge in [-0.3, -0.25) is 9.59 Å². The smallest absolute Gasteiger partial charge is 0.279 e. The summed E-state index contributed by atoms with van der Waals surface area (Å²) in [6.07, 6.45) is 1.91. The van der Waals surface area contributed by atoms with E-state index in [9.17, 15) is 14.0 Å². The van der Waals surface area contributed by atoms with Crippen LogP contribution in [0.3, 0.4) is 0 Å². The van der Waals surface area contributed by atoms with Crippen molar-refractivity contribution >= 4 is 41.0 Å². The third-order valence-corrected chi connectivity index (χ3v) is 6.04. The van der Waals surface area contributed by atoms with Crippen LogP contribution in [0.2, 0.25) is 5.02 Å². The minimum absolute atomic E-state index is 0.0543. The van der Waals surface area contributed by atoms with Crippen LogP contribution in [0.4, 0.5) is 10.2 Å². The number of anilines is 1. The molecule has 2 N–H and O–H groups in total. The number of carbonyl (C=O) groups excluding carboxylic acids is 2. The van der Waals surface area contributed by atoms with E-state index >= 15 is 0 Å². The molecule has 0 radical (unpaired) electrons. The minimum Gasteiger partial charge on any atom is -0.352 e. The van der Waals surface area contributed by atoms with Crippen LogP contribution in [0, 0.1) is 12.7 Å². The van der Waals surface area contributed by atoms with E-state index in [2.05, 4.69) is 26.0 Å². The molecule has 0 aliphatic heterocycles. The number of hydrogen-bond donors (Lipinski definition) is 2. The van der Waals surface area contributed by atoms with Crippen molar-refractivity contribution in [2.45, 2.75) is 19.6 Å². The predicted octanol–water partition coefficient (Wildman–Crippen LogP) is 4.42. The molecule has 36 heavy (non-hydrogen) atoms. The number of rotatable bonds is 8. The molecule has 0 saturated heterocycles. The van der Waals surface area contributed by atoms with Crippen LogP contribution in [0.15, 0.2) is 48.5 Å². The summed E-state index contributed by atoms with van der Waals surface area (Å²) in [7, 11) is 0. The number of aromatic nitrogens is 5. The number of hydrogen-bond acceptors (Lipinski definition) is 6. The molecule has 0 bridgehead atoms. The predicted molar refractivity (Wildman–Crippen MR) is 138 cm³/mol. The molecule has 9 nitrogen and oxygen atoms in total. The fourth-order valence-electron chi connectivity index (χ4n) is 3.55. The van der Waals surface area contributed by atoms with Crippen molar-refractivity contribution in [2.75, 3.05) is 18.1 Å². The van der Waals surface area contributed by atoms with Gasteiger partial charge in [-0.25, -0.2) is 13.8 Å². The molecule has 0 atom stereocenters. The maximum atomic E-state index is 13.6. The normalized spacial score (nSPS) is 10.9. The number of amides is 2. The average Bonchev–Trinajstić information content (AvgIpc) is 3.44. The van der Waals surface area contributed by atoms with E-state index in [1.807, 2.05) is 13.2 Å². The lowest BCUT2D eigenvalue weighted by molar-refractivity contribution is 0.0954. The van der Waals surface area contributed by atoms with Crippen LogP contribution < -0.4 is 10.6 Å². The van der Waals surface area contributed by atoms with Crippen molar-refractivity contribution in [1.29, 1.82) is 0 Å². The summed E-state index contributed by atoms with van der Waals surface area (Å²) in [5.41, 5.74) is 3.07. The van der Waals surface area contributed by atoms with Crippen molar-refractivity contribution in [3.05, 3.63) is 82.0 Å². The monoisotopic (exact) mass is 527 g/mol. The van der Waals surface area contributed by atoms with Gasteiger partial charge >= 0.3 is 0 Å². The fraction of sp³-hybridized carbons (Fsp3) is 0.208. The Kier molecular flexibility index (Phi) is 7.70. The number of halogens is 2. The van der Waals surface area contributed by atoms with Gasteiger partial charge in [0.05, 0.1) is 27.8 Å². The van der Waals surface area contributed by atoms with Gasteiger partial charge in [-0.15, -0.1) is 5.10 Å². The van der Waals surface area contributed by atoms with E-state index < -0.39 is 11.7 Å². The number of nitrogens with one attached hydrogen (secondary N) is 2. The molecule has 0 aliphatic rings. The van der Waals surface area contributed by atoms with Crippen LogP contribution in [0.5, 0.6) is 0 Å². The highest BCUT2D eigenvalue weighted by molar-refractivity contribution is 7.97. The van der Waals surface area contributed by atoms with Gasteiger partial charge in [-0.1, -0.05) is 16.8 Å². The van der Waals surface area contributed by atoms with Crippen molar-refractivity contribution in [2.24, 2.45) is 0 Å². The molecule has 0 unspecified atom stereocenters. The second kappa shape index (κ2) is 10.9. The highest BCUT2D eigenvalue weighted by Gasteiger charge is 2.22. The Hall–Kier alpha value is -3.70. The van der Waals surface area contributed by atoms with Crippen LogP contribution in [0.25, 0.3) is 11.4 Å². The Morgan fingerprint density at radius 1 is 1.06 bits per heavy atom. The Bertz CT molecular complexity index is 1420. The third-order valence-electron chi connectivity index (χ3n) is 5.19. The summed E-state index contributed by atoms with van der Waals surface area (Å²) in [6.45, 7) is 4.16. The maximum absolute atomic E-state index is 13.6. The maximum Gasteiger partial charge on any atom is 0.279 e.